The van der Waals surface area contributed by atoms with E-state index < -0.39 is 0 Å². The molecule has 116 valence electrons. The molecule has 1 aromatic carbocycles. The maximum atomic E-state index is 14.4. The first kappa shape index (κ1) is 15.1. The highest BCUT2D eigenvalue weighted by Gasteiger charge is 2.37. The highest BCUT2D eigenvalue weighted by Crippen LogP contribution is 2.33. The van der Waals surface area contributed by atoms with Gasteiger partial charge in [0.2, 0.25) is 0 Å². The highest BCUT2D eigenvalue weighted by molar-refractivity contribution is 6.30. The number of benzene rings is 1. The van der Waals surface area contributed by atoms with Crippen LogP contribution in [0.25, 0.3) is 0 Å². The summed E-state index contributed by atoms with van der Waals surface area (Å²) >= 11 is 5.90. The van der Waals surface area contributed by atoms with Crippen LogP contribution in [-0.2, 0) is 0 Å². The van der Waals surface area contributed by atoms with E-state index in [1.54, 1.807) is 6.07 Å². The van der Waals surface area contributed by atoms with Crippen molar-refractivity contribution in [1.29, 1.82) is 0 Å². The van der Waals surface area contributed by atoms with E-state index >= 15 is 0 Å². The number of anilines is 1. The molecule has 2 atom stereocenters. The molecule has 2 nitrogen and oxygen atoms in total. The molecule has 0 N–H and O–H groups in total. The van der Waals surface area contributed by atoms with Crippen LogP contribution in [0.3, 0.4) is 0 Å². The summed E-state index contributed by atoms with van der Waals surface area (Å²) in [6, 6.07) is 6.01. The predicted octanol–water partition coefficient (Wildman–Crippen LogP) is 4.18. The van der Waals surface area contributed by atoms with Crippen molar-refractivity contribution in [3.63, 3.8) is 0 Å². The normalized spacial score (nSPS) is 27.0. The number of hydrogen-bond acceptors (Lipinski definition) is 2. The van der Waals surface area contributed by atoms with Crippen LogP contribution in [0.15, 0.2) is 18.2 Å². The standard InChI is InChI=1S/C17H24ClFN2/c1-12(2)17-11-20-8-4-3-5-14(20)10-21(17)16-7-6-13(18)9-15(16)19/h6-7,9,12,14,17H,3-5,8,10-11H2,1-2H3. The molecule has 2 heterocycles. The molecule has 2 unspecified atom stereocenters. The van der Waals surface area contributed by atoms with Crippen molar-refractivity contribution < 1.29 is 4.39 Å². The minimum atomic E-state index is -0.197. The molecule has 0 spiro atoms. The molecule has 21 heavy (non-hydrogen) atoms. The lowest BCUT2D eigenvalue weighted by molar-refractivity contribution is 0.100. The Morgan fingerprint density at radius 2 is 2.05 bits per heavy atom. The summed E-state index contributed by atoms with van der Waals surface area (Å²) in [7, 11) is 0. The molecule has 2 aliphatic rings. The quantitative estimate of drug-likeness (QED) is 0.808. The highest BCUT2D eigenvalue weighted by atomic mass is 35.5. The van der Waals surface area contributed by atoms with Gasteiger partial charge in [-0.1, -0.05) is 31.9 Å². The van der Waals surface area contributed by atoms with Gasteiger partial charge in [0, 0.05) is 30.2 Å². The Kier molecular flexibility index (Phi) is 4.41. The Labute approximate surface area is 131 Å². The molecule has 2 saturated heterocycles. The van der Waals surface area contributed by atoms with E-state index in [4.69, 9.17) is 11.6 Å². The fourth-order valence-corrected chi connectivity index (χ4v) is 3.93. The summed E-state index contributed by atoms with van der Waals surface area (Å²) < 4.78 is 14.4. The SMILES string of the molecule is CC(C)C1CN2CCCCC2CN1c1ccc(Cl)cc1F. The number of piperazine rings is 1. The van der Waals surface area contributed by atoms with Gasteiger partial charge in [0.05, 0.1) is 5.69 Å². The third kappa shape index (κ3) is 3.04. The molecule has 0 aliphatic carbocycles. The molecule has 2 aliphatic heterocycles. The van der Waals surface area contributed by atoms with Crippen molar-refractivity contribution >= 4 is 17.3 Å². The van der Waals surface area contributed by atoms with Gasteiger partial charge >= 0.3 is 0 Å². The fraction of sp³-hybridized carbons (Fsp3) is 0.647. The minimum Gasteiger partial charge on any atom is -0.363 e. The second-order valence-electron chi connectivity index (χ2n) is 6.70. The number of nitrogens with zero attached hydrogens (tertiary/aromatic N) is 2. The van der Waals surface area contributed by atoms with E-state index in [0.717, 1.165) is 13.1 Å². The summed E-state index contributed by atoms with van der Waals surface area (Å²) in [6.45, 7) is 7.64. The summed E-state index contributed by atoms with van der Waals surface area (Å²) in [5.74, 6) is 0.306. The summed E-state index contributed by atoms with van der Waals surface area (Å²) in [5, 5.41) is 0.466. The average molecular weight is 311 g/mol. The first-order chi connectivity index (χ1) is 10.1. The van der Waals surface area contributed by atoms with Gasteiger partial charge < -0.3 is 4.90 Å². The molecule has 0 amide bonds. The molecule has 0 radical (unpaired) electrons. The van der Waals surface area contributed by atoms with Gasteiger partial charge in [-0.15, -0.1) is 0 Å². The van der Waals surface area contributed by atoms with Crippen LogP contribution in [-0.4, -0.2) is 36.6 Å². The monoisotopic (exact) mass is 310 g/mol. The second-order valence-corrected chi connectivity index (χ2v) is 7.14. The van der Waals surface area contributed by atoms with Crippen molar-refractivity contribution in [3.8, 4) is 0 Å². The lowest BCUT2D eigenvalue weighted by Gasteiger charge is -2.50. The van der Waals surface area contributed by atoms with Gasteiger partial charge in [-0.05, 0) is 43.5 Å². The molecule has 4 heteroatoms. The van der Waals surface area contributed by atoms with E-state index in [2.05, 4.69) is 23.6 Å². The van der Waals surface area contributed by atoms with E-state index in [1.165, 1.54) is 31.9 Å². The lowest BCUT2D eigenvalue weighted by Crippen LogP contribution is -2.61. The lowest BCUT2D eigenvalue weighted by atomic mass is 9.91. The third-order valence-electron chi connectivity index (χ3n) is 4.97. The van der Waals surface area contributed by atoms with Crippen LogP contribution < -0.4 is 4.90 Å². The Bertz CT molecular complexity index is 506. The summed E-state index contributed by atoms with van der Waals surface area (Å²) in [5.41, 5.74) is 0.711. The molecule has 0 saturated carbocycles. The van der Waals surface area contributed by atoms with Gasteiger partial charge in [-0.25, -0.2) is 4.39 Å². The zero-order valence-electron chi connectivity index (χ0n) is 12.9. The van der Waals surface area contributed by atoms with Crippen LogP contribution >= 0.6 is 11.6 Å². The number of halogens is 2. The number of fused-ring (bicyclic) bond motifs is 1. The van der Waals surface area contributed by atoms with Crippen molar-refractivity contribution in [2.24, 2.45) is 5.92 Å². The second kappa shape index (κ2) is 6.13. The van der Waals surface area contributed by atoms with Gasteiger partial charge in [0.1, 0.15) is 5.82 Å². The van der Waals surface area contributed by atoms with Crippen LogP contribution in [0.5, 0.6) is 0 Å². The topological polar surface area (TPSA) is 6.48 Å². The number of rotatable bonds is 2. The third-order valence-corrected chi connectivity index (χ3v) is 5.20. The van der Waals surface area contributed by atoms with E-state index in [0.29, 0.717) is 28.7 Å². The van der Waals surface area contributed by atoms with Crippen molar-refractivity contribution in [2.45, 2.75) is 45.2 Å². The Balaban J connectivity index is 1.90. The van der Waals surface area contributed by atoms with Crippen LogP contribution in [0.4, 0.5) is 10.1 Å². The Morgan fingerprint density at radius 3 is 2.76 bits per heavy atom. The first-order valence-corrected chi connectivity index (χ1v) is 8.40. The molecular weight excluding hydrogens is 287 g/mol. The van der Waals surface area contributed by atoms with E-state index in [9.17, 15) is 4.39 Å². The molecular formula is C17H24ClFN2. The largest absolute Gasteiger partial charge is 0.363 e. The zero-order chi connectivity index (χ0) is 15.0. The molecule has 2 fully saturated rings. The predicted molar refractivity (Wildman–Crippen MR) is 86.6 cm³/mol. The first-order valence-electron chi connectivity index (χ1n) is 8.02. The van der Waals surface area contributed by atoms with Crippen LogP contribution in [0.2, 0.25) is 5.02 Å². The van der Waals surface area contributed by atoms with Crippen molar-refractivity contribution in [2.75, 3.05) is 24.5 Å². The number of piperidine rings is 1. The Morgan fingerprint density at radius 1 is 1.24 bits per heavy atom. The van der Waals surface area contributed by atoms with Crippen molar-refractivity contribution in [3.05, 3.63) is 29.0 Å². The minimum absolute atomic E-state index is 0.197. The molecule has 0 aromatic heterocycles. The smallest absolute Gasteiger partial charge is 0.147 e. The van der Waals surface area contributed by atoms with Gasteiger partial charge in [-0.3, -0.25) is 4.90 Å². The van der Waals surface area contributed by atoms with Gasteiger partial charge in [0.15, 0.2) is 0 Å². The maximum absolute atomic E-state index is 14.4. The van der Waals surface area contributed by atoms with Gasteiger partial charge in [0.25, 0.3) is 0 Å². The maximum Gasteiger partial charge on any atom is 0.147 e. The summed E-state index contributed by atoms with van der Waals surface area (Å²) in [4.78, 5) is 4.89. The average Bonchev–Trinajstić information content (AvgIpc) is 2.46. The van der Waals surface area contributed by atoms with E-state index in [1.807, 2.05) is 6.07 Å². The van der Waals surface area contributed by atoms with Gasteiger partial charge in [-0.2, -0.15) is 0 Å². The fourth-order valence-electron chi connectivity index (χ4n) is 3.77. The molecule has 0 bridgehead atoms. The van der Waals surface area contributed by atoms with E-state index in [-0.39, 0.29) is 5.82 Å². The van der Waals surface area contributed by atoms with Crippen LogP contribution in [0, 0.1) is 11.7 Å². The Hall–Kier alpha value is -0.800. The zero-order valence-corrected chi connectivity index (χ0v) is 13.6. The molecule has 1 aromatic rings. The van der Waals surface area contributed by atoms with Crippen LogP contribution in [0.1, 0.15) is 33.1 Å². The molecule has 3 rings (SSSR count). The number of hydrogen-bond donors (Lipinski definition) is 0. The van der Waals surface area contributed by atoms with Crippen molar-refractivity contribution in [1.82, 2.24) is 4.90 Å². The summed E-state index contributed by atoms with van der Waals surface area (Å²) in [6.07, 6.45) is 3.83.